The lowest BCUT2D eigenvalue weighted by Crippen LogP contribution is -2.34. The number of nitrogens with zero attached hydrogens (tertiary/aromatic N) is 2. The quantitative estimate of drug-likeness (QED) is 0.837. The molecule has 17 heavy (non-hydrogen) atoms. The number of hydrogen-bond acceptors (Lipinski definition) is 3. The molecule has 0 saturated carbocycles. The van der Waals surface area contributed by atoms with Crippen molar-refractivity contribution in [2.24, 2.45) is 0 Å². The third kappa shape index (κ3) is 2.72. The number of aryl methyl sites for hydroxylation is 1. The van der Waals surface area contributed by atoms with Gasteiger partial charge in [-0.05, 0) is 55.0 Å². The molecule has 1 amide bonds. The number of likely N-dealkylation sites (tertiary alicyclic amines) is 1. The lowest BCUT2D eigenvalue weighted by molar-refractivity contribution is 0.0788. The summed E-state index contributed by atoms with van der Waals surface area (Å²) in [6.07, 6.45) is 1.07. The normalized spacial score (nSPS) is 20.3. The average molecular weight is 317 g/mol. The number of thiophene rings is 1. The molecule has 1 aromatic heterocycles. The lowest BCUT2D eigenvalue weighted by atomic mass is 10.2. The van der Waals surface area contributed by atoms with Crippen molar-refractivity contribution in [3.8, 4) is 0 Å². The summed E-state index contributed by atoms with van der Waals surface area (Å²) in [5.41, 5.74) is 1.14. The predicted octanol–water partition coefficient (Wildman–Crippen LogP) is 2.60. The fourth-order valence-electron chi connectivity index (χ4n) is 2.07. The van der Waals surface area contributed by atoms with E-state index in [1.54, 1.807) is 0 Å². The van der Waals surface area contributed by atoms with E-state index in [2.05, 4.69) is 34.9 Å². The van der Waals surface area contributed by atoms with Crippen LogP contribution >= 0.6 is 27.3 Å². The number of carbonyl (C=O) groups excluding carboxylic acids is 1. The highest BCUT2D eigenvalue weighted by molar-refractivity contribution is 9.11. The molecular weight excluding hydrogens is 300 g/mol. The van der Waals surface area contributed by atoms with Gasteiger partial charge in [0, 0.05) is 19.1 Å². The molecule has 0 spiro atoms. The first-order chi connectivity index (χ1) is 7.99. The highest BCUT2D eigenvalue weighted by atomic mass is 79.9. The molecule has 5 heteroatoms. The Morgan fingerprint density at radius 3 is 2.76 bits per heavy atom. The van der Waals surface area contributed by atoms with Gasteiger partial charge < -0.3 is 9.80 Å². The van der Waals surface area contributed by atoms with E-state index in [1.807, 2.05) is 17.9 Å². The summed E-state index contributed by atoms with van der Waals surface area (Å²) in [7, 11) is 4.15. The molecule has 1 aromatic rings. The van der Waals surface area contributed by atoms with E-state index in [9.17, 15) is 4.79 Å². The van der Waals surface area contributed by atoms with Gasteiger partial charge in [0.2, 0.25) is 0 Å². The summed E-state index contributed by atoms with van der Waals surface area (Å²) >= 11 is 5.00. The molecule has 1 fully saturated rings. The topological polar surface area (TPSA) is 23.6 Å². The van der Waals surface area contributed by atoms with Crippen LogP contribution in [0.15, 0.2) is 9.85 Å². The molecule has 1 aliphatic rings. The second-order valence-corrected chi connectivity index (χ2v) is 7.09. The molecule has 0 aliphatic carbocycles. The van der Waals surface area contributed by atoms with Crippen molar-refractivity contribution in [2.75, 3.05) is 27.2 Å². The Labute approximate surface area is 115 Å². The second kappa shape index (κ2) is 5.08. The molecule has 2 heterocycles. The van der Waals surface area contributed by atoms with E-state index in [0.29, 0.717) is 6.04 Å². The van der Waals surface area contributed by atoms with Crippen LogP contribution in [0.3, 0.4) is 0 Å². The van der Waals surface area contributed by atoms with Gasteiger partial charge in [0.05, 0.1) is 8.66 Å². The molecule has 0 radical (unpaired) electrons. The van der Waals surface area contributed by atoms with Crippen LogP contribution in [-0.2, 0) is 0 Å². The van der Waals surface area contributed by atoms with Crippen molar-refractivity contribution in [3.63, 3.8) is 0 Å². The molecule has 2 rings (SSSR count). The summed E-state index contributed by atoms with van der Waals surface area (Å²) in [6, 6.07) is 2.48. The molecule has 0 N–H and O–H groups in total. The number of likely N-dealkylation sites (N-methyl/N-ethyl adjacent to an activating group) is 1. The highest BCUT2D eigenvalue weighted by Gasteiger charge is 2.28. The van der Waals surface area contributed by atoms with Crippen molar-refractivity contribution in [2.45, 2.75) is 19.4 Å². The third-order valence-electron chi connectivity index (χ3n) is 3.25. The van der Waals surface area contributed by atoms with Crippen LogP contribution in [0.1, 0.15) is 21.7 Å². The van der Waals surface area contributed by atoms with Gasteiger partial charge >= 0.3 is 0 Å². The van der Waals surface area contributed by atoms with Crippen LogP contribution in [0.25, 0.3) is 0 Å². The van der Waals surface area contributed by atoms with Crippen molar-refractivity contribution in [1.82, 2.24) is 9.80 Å². The summed E-state index contributed by atoms with van der Waals surface area (Å²) < 4.78 is 1.06. The largest absolute Gasteiger partial charge is 0.336 e. The van der Waals surface area contributed by atoms with Crippen LogP contribution in [-0.4, -0.2) is 48.9 Å². The molecule has 0 aromatic carbocycles. The van der Waals surface area contributed by atoms with Crippen molar-refractivity contribution < 1.29 is 4.79 Å². The monoisotopic (exact) mass is 316 g/mol. The first-order valence-corrected chi connectivity index (χ1v) is 7.31. The maximum absolute atomic E-state index is 12.3. The van der Waals surface area contributed by atoms with E-state index < -0.39 is 0 Å². The Morgan fingerprint density at radius 1 is 1.59 bits per heavy atom. The standard InChI is InChI=1S/C12H17BrN2OS/c1-8-6-10(17-11(8)13)12(16)15-5-4-9(7-15)14(2)3/h6,9H,4-5,7H2,1-3H3. The zero-order valence-electron chi connectivity index (χ0n) is 10.4. The Balaban J connectivity index is 2.07. The van der Waals surface area contributed by atoms with Gasteiger partial charge in [-0.1, -0.05) is 0 Å². The zero-order chi connectivity index (χ0) is 12.6. The lowest BCUT2D eigenvalue weighted by Gasteiger charge is -2.19. The molecule has 1 atom stereocenters. The minimum absolute atomic E-state index is 0.174. The van der Waals surface area contributed by atoms with Crippen molar-refractivity contribution >= 4 is 33.2 Å². The Morgan fingerprint density at radius 2 is 2.29 bits per heavy atom. The Bertz CT molecular complexity index is 411. The van der Waals surface area contributed by atoms with Gasteiger partial charge in [0.1, 0.15) is 0 Å². The number of carbonyl (C=O) groups is 1. The Hall–Kier alpha value is -0.390. The third-order valence-corrected chi connectivity index (χ3v) is 5.37. The number of amides is 1. The first kappa shape index (κ1) is 13.1. The van der Waals surface area contributed by atoms with Crippen molar-refractivity contribution in [1.29, 1.82) is 0 Å². The van der Waals surface area contributed by atoms with Gasteiger partial charge in [-0.25, -0.2) is 0 Å². The van der Waals surface area contributed by atoms with E-state index in [-0.39, 0.29) is 5.91 Å². The summed E-state index contributed by atoms with van der Waals surface area (Å²) in [5, 5.41) is 0. The average Bonchev–Trinajstić information content (AvgIpc) is 2.86. The maximum Gasteiger partial charge on any atom is 0.264 e. The zero-order valence-corrected chi connectivity index (χ0v) is 12.8. The summed E-state index contributed by atoms with van der Waals surface area (Å²) in [4.78, 5) is 17.3. The Kier molecular flexibility index (Phi) is 3.90. The van der Waals surface area contributed by atoms with Gasteiger partial charge in [0.15, 0.2) is 0 Å². The summed E-state index contributed by atoms with van der Waals surface area (Å²) in [6.45, 7) is 3.74. The molecule has 1 saturated heterocycles. The maximum atomic E-state index is 12.3. The smallest absolute Gasteiger partial charge is 0.264 e. The minimum Gasteiger partial charge on any atom is -0.336 e. The first-order valence-electron chi connectivity index (χ1n) is 5.70. The molecule has 94 valence electrons. The number of rotatable bonds is 2. The molecule has 0 bridgehead atoms. The highest BCUT2D eigenvalue weighted by Crippen LogP contribution is 2.29. The number of hydrogen-bond donors (Lipinski definition) is 0. The van der Waals surface area contributed by atoms with Crippen LogP contribution in [0, 0.1) is 6.92 Å². The molecule has 1 aliphatic heterocycles. The fourth-order valence-corrected chi connectivity index (χ4v) is 3.57. The minimum atomic E-state index is 0.174. The van der Waals surface area contributed by atoms with E-state index in [0.717, 1.165) is 33.7 Å². The molecule has 3 nitrogen and oxygen atoms in total. The van der Waals surface area contributed by atoms with Crippen LogP contribution in [0.4, 0.5) is 0 Å². The molecular formula is C12H17BrN2OS. The number of halogens is 1. The summed E-state index contributed by atoms with van der Waals surface area (Å²) in [5.74, 6) is 0.174. The van der Waals surface area contributed by atoms with E-state index in [1.165, 1.54) is 11.3 Å². The van der Waals surface area contributed by atoms with E-state index >= 15 is 0 Å². The van der Waals surface area contributed by atoms with Crippen LogP contribution in [0.2, 0.25) is 0 Å². The van der Waals surface area contributed by atoms with Gasteiger partial charge in [-0.2, -0.15) is 0 Å². The molecule has 1 unspecified atom stereocenters. The van der Waals surface area contributed by atoms with E-state index in [4.69, 9.17) is 0 Å². The fraction of sp³-hybridized carbons (Fsp3) is 0.583. The van der Waals surface area contributed by atoms with Crippen molar-refractivity contribution in [3.05, 3.63) is 20.3 Å². The second-order valence-electron chi connectivity index (χ2n) is 4.72. The predicted molar refractivity (Wildman–Crippen MR) is 74.8 cm³/mol. The van der Waals surface area contributed by atoms with Gasteiger partial charge in [0.25, 0.3) is 5.91 Å². The van der Waals surface area contributed by atoms with Crippen LogP contribution < -0.4 is 0 Å². The SMILES string of the molecule is Cc1cc(C(=O)N2CCC(N(C)C)C2)sc1Br. The van der Waals surface area contributed by atoms with Gasteiger partial charge in [-0.3, -0.25) is 4.79 Å². The van der Waals surface area contributed by atoms with Crippen LogP contribution in [0.5, 0.6) is 0 Å². The van der Waals surface area contributed by atoms with Gasteiger partial charge in [-0.15, -0.1) is 11.3 Å².